The van der Waals surface area contributed by atoms with E-state index in [2.05, 4.69) is 10.2 Å². The molecule has 2 aromatic carbocycles. The highest BCUT2D eigenvalue weighted by atomic mass is 32.2. The van der Waals surface area contributed by atoms with E-state index in [1.54, 1.807) is 36.4 Å². The second kappa shape index (κ2) is 10.0. The molecule has 2 fully saturated rings. The zero-order chi connectivity index (χ0) is 23.4. The number of carbonyl (C=O) groups is 2. The number of amides is 1. The lowest BCUT2D eigenvalue weighted by Crippen LogP contribution is -2.40. The lowest BCUT2D eigenvalue weighted by atomic mass is 10.1. The third-order valence-corrected chi connectivity index (χ3v) is 7.96. The molecule has 0 bridgehead atoms. The van der Waals surface area contributed by atoms with Gasteiger partial charge in [-0.25, -0.2) is 8.42 Å². The quantitative estimate of drug-likeness (QED) is 0.651. The monoisotopic (exact) mass is 471 g/mol. The summed E-state index contributed by atoms with van der Waals surface area (Å²) in [4.78, 5) is 27.1. The number of benzene rings is 2. The number of ketones is 1. The molecule has 0 unspecified atom stereocenters. The normalized spacial score (nSPS) is 17.5. The molecular weight excluding hydrogens is 442 g/mol. The Kier molecular flexibility index (Phi) is 7.11. The van der Waals surface area contributed by atoms with E-state index < -0.39 is 10.0 Å². The van der Waals surface area contributed by atoms with Crippen LogP contribution in [0.2, 0.25) is 0 Å². The van der Waals surface area contributed by atoms with Gasteiger partial charge in [0, 0.05) is 43.1 Å². The highest BCUT2D eigenvalue weighted by Crippen LogP contribution is 2.29. The van der Waals surface area contributed by atoms with Crippen LogP contribution < -0.4 is 10.2 Å². The van der Waals surface area contributed by atoms with E-state index >= 15 is 0 Å². The highest BCUT2D eigenvalue weighted by molar-refractivity contribution is 7.89. The number of anilines is 2. The summed E-state index contributed by atoms with van der Waals surface area (Å²) in [6.07, 6.45) is 3.20. The first kappa shape index (κ1) is 23.4. The maximum Gasteiger partial charge on any atom is 0.257 e. The number of hydrogen-bond donors (Lipinski definition) is 1. The number of nitrogens with zero attached hydrogens (tertiary/aromatic N) is 2. The topological polar surface area (TPSA) is 96.0 Å². The van der Waals surface area contributed by atoms with Crippen LogP contribution in [-0.4, -0.2) is 63.8 Å². The fourth-order valence-electron chi connectivity index (χ4n) is 4.19. The minimum atomic E-state index is -3.74. The first-order valence-corrected chi connectivity index (χ1v) is 12.7. The molecule has 8 nitrogen and oxygen atoms in total. The van der Waals surface area contributed by atoms with Crippen LogP contribution in [0.4, 0.5) is 11.4 Å². The van der Waals surface area contributed by atoms with Crippen molar-refractivity contribution in [2.75, 3.05) is 49.6 Å². The van der Waals surface area contributed by atoms with Gasteiger partial charge in [-0.05, 0) is 68.7 Å². The van der Waals surface area contributed by atoms with Crippen LogP contribution in [0.1, 0.15) is 46.9 Å². The van der Waals surface area contributed by atoms with E-state index in [1.807, 2.05) is 0 Å². The average Bonchev–Trinajstić information content (AvgIpc) is 2.85. The molecule has 0 spiro atoms. The first-order valence-electron chi connectivity index (χ1n) is 11.3. The Bertz CT molecular complexity index is 1120. The van der Waals surface area contributed by atoms with Gasteiger partial charge in [0.1, 0.15) is 0 Å². The number of rotatable bonds is 6. The van der Waals surface area contributed by atoms with Crippen LogP contribution in [0.5, 0.6) is 0 Å². The number of piperidine rings is 1. The molecule has 0 saturated carbocycles. The van der Waals surface area contributed by atoms with E-state index in [0.717, 1.165) is 38.0 Å². The maximum absolute atomic E-state index is 13.3. The lowest BCUT2D eigenvalue weighted by molar-refractivity contribution is 0.0730. The molecule has 2 aliphatic rings. The minimum absolute atomic E-state index is 0.0544. The molecule has 33 heavy (non-hydrogen) atoms. The zero-order valence-electron chi connectivity index (χ0n) is 18.7. The van der Waals surface area contributed by atoms with Crippen LogP contribution in [0.3, 0.4) is 0 Å². The number of morpholine rings is 1. The Labute approximate surface area is 194 Å². The Morgan fingerprint density at radius 1 is 0.909 bits per heavy atom. The van der Waals surface area contributed by atoms with Gasteiger partial charge in [-0.1, -0.05) is 0 Å². The van der Waals surface area contributed by atoms with E-state index in [1.165, 1.54) is 17.3 Å². The second-order valence-corrected chi connectivity index (χ2v) is 10.3. The molecule has 0 radical (unpaired) electrons. The third kappa shape index (κ3) is 5.26. The summed E-state index contributed by atoms with van der Waals surface area (Å²) < 4.78 is 33.1. The van der Waals surface area contributed by atoms with Gasteiger partial charge in [-0.2, -0.15) is 4.31 Å². The van der Waals surface area contributed by atoms with Crippen molar-refractivity contribution in [1.29, 1.82) is 0 Å². The van der Waals surface area contributed by atoms with Gasteiger partial charge in [0.2, 0.25) is 10.0 Å². The maximum atomic E-state index is 13.3. The van der Waals surface area contributed by atoms with E-state index in [0.29, 0.717) is 43.1 Å². The molecule has 4 rings (SSSR count). The summed E-state index contributed by atoms with van der Waals surface area (Å²) in [6.45, 7) is 4.43. The molecular formula is C24H29N3O5S. The molecule has 9 heteroatoms. The van der Waals surface area contributed by atoms with Crippen molar-refractivity contribution in [2.24, 2.45) is 0 Å². The van der Waals surface area contributed by atoms with Crippen molar-refractivity contribution >= 4 is 33.1 Å². The second-order valence-electron chi connectivity index (χ2n) is 8.33. The summed E-state index contributed by atoms with van der Waals surface area (Å²) >= 11 is 0. The predicted molar refractivity (Wildman–Crippen MR) is 126 cm³/mol. The van der Waals surface area contributed by atoms with E-state index in [4.69, 9.17) is 4.74 Å². The van der Waals surface area contributed by atoms with Gasteiger partial charge in [-0.15, -0.1) is 0 Å². The summed E-state index contributed by atoms with van der Waals surface area (Å²) in [6, 6.07) is 11.5. The van der Waals surface area contributed by atoms with Crippen LogP contribution in [0, 0.1) is 0 Å². The molecule has 0 atom stereocenters. The van der Waals surface area contributed by atoms with Crippen LogP contribution >= 0.6 is 0 Å². The lowest BCUT2D eigenvalue weighted by Gasteiger charge is -2.31. The standard InChI is InChI=1S/C24H29N3O5S/c1-18(28)19-5-7-20(8-6-19)25-24(29)22-17-21(33(30,31)27-13-15-32-16-14-27)9-10-23(22)26-11-3-2-4-12-26/h5-10,17H,2-4,11-16H2,1H3,(H,25,29). The Balaban J connectivity index is 1.67. The van der Waals surface area contributed by atoms with E-state index in [9.17, 15) is 18.0 Å². The summed E-state index contributed by atoms with van der Waals surface area (Å²) in [7, 11) is -3.74. The molecule has 176 valence electrons. The minimum Gasteiger partial charge on any atom is -0.379 e. The van der Waals surface area contributed by atoms with Crippen molar-refractivity contribution in [2.45, 2.75) is 31.1 Å². The molecule has 0 aliphatic carbocycles. The van der Waals surface area contributed by atoms with Gasteiger partial charge < -0.3 is 15.0 Å². The van der Waals surface area contributed by atoms with Crippen molar-refractivity contribution < 1.29 is 22.7 Å². The van der Waals surface area contributed by atoms with Crippen LogP contribution in [0.15, 0.2) is 47.4 Å². The van der Waals surface area contributed by atoms with Gasteiger partial charge >= 0.3 is 0 Å². The summed E-state index contributed by atoms with van der Waals surface area (Å²) in [5.41, 5.74) is 2.15. The molecule has 2 aromatic rings. The number of ether oxygens (including phenoxy) is 1. The molecule has 1 N–H and O–H groups in total. The van der Waals surface area contributed by atoms with Gasteiger partial charge in [-0.3, -0.25) is 9.59 Å². The smallest absolute Gasteiger partial charge is 0.257 e. The molecule has 1 amide bonds. The Hall–Kier alpha value is -2.75. The molecule has 2 heterocycles. The summed E-state index contributed by atoms with van der Waals surface area (Å²) in [5.74, 6) is -0.438. The van der Waals surface area contributed by atoms with Crippen molar-refractivity contribution in [3.63, 3.8) is 0 Å². The van der Waals surface area contributed by atoms with Crippen molar-refractivity contribution in [3.05, 3.63) is 53.6 Å². The predicted octanol–water partition coefficient (Wildman–Crippen LogP) is 3.15. The van der Waals surface area contributed by atoms with Crippen molar-refractivity contribution in [3.8, 4) is 0 Å². The fourth-order valence-corrected chi connectivity index (χ4v) is 5.63. The Morgan fingerprint density at radius 3 is 2.21 bits per heavy atom. The fraction of sp³-hybridized carbons (Fsp3) is 0.417. The Morgan fingerprint density at radius 2 is 1.58 bits per heavy atom. The number of Topliss-reactive ketones (excluding diaryl/α,β-unsaturated/α-hetero) is 1. The molecule has 2 saturated heterocycles. The SMILES string of the molecule is CC(=O)c1ccc(NC(=O)c2cc(S(=O)(=O)N3CCOCC3)ccc2N2CCCCC2)cc1. The number of sulfonamides is 1. The largest absolute Gasteiger partial charge is 0.379 e. The third-order valence-electron chi connectivity index (χ3n) is 6.07. The van der Waals surface area contributed by atoms with Crippen LogP contribution in [0.25, 0.3) is 0 Å². The highest BCUT2D eigenvalue weighted by Gasteiger charge is 2.29. The van der Waals surface area contributed by atoms with Gasteiger partial charge in [0.25, 0.3) is 5.91 Å². The van der Waals surface area contributed by atoms with Crippen molar-refractivity contribution in [1.82, 2.24) is 4.31 Å². The zero-order valence-corrected chi connectivity index (χ0v) is 19.6. The van der Waals surface area contributed by atoms with Crippen LogP contribution in [-0.2, 0) is 14.8 Å². The number of carbonyl (C=O) groups excluding carboxylic acids is 2. The average molecular weight is 472 g/mol. The first-order chi connectivity index (χ1) is 15.9. The summed E-state index contributed by atoms with van der Waals surface area (Å²) in [5, 5.41) is 2.86. The number of nitrogens with one attached hydrogen (secondary N) is 1. The van der Waals surface area contributed by atoms with Gasteiger partial charge in [0.05, 0.1) is 23.7 Å². The molecule has 0 aromatic heterocycles. The van der Waals surface area contributed by atoms with Gasteiger partial charge in [0.15, 0.2) is 5.78 Å². The van der Waals surface area contributed by atoms with E-state index in [-0.39, 0.29) is 16.6 Å². The molecule has 2 aliphatic heterocycles. The number of hydrogen-bond acceptors (Lipinski definition) is 6.